The summed E-state index contributed by atoms with van der Waals surface area (Å²) in [4.78, 5) is 14.2. The van der Waals surface area contributed by atoms with Crippen molar-refractivity contribution >= 4 is 6.03 Å². The van der Waals surface area contributed by atoms with Crippen LogP contribution < -0.4 is 5.32 Å². The molecule has 1 heterocycles. The zero-order valence-electron chi connectivity index (χ0n) is 13.6. The summed E-state index contributed by atoms with van der Waals surface area (Å²) in [7, 11) is 0. The van der Waals surface area contributed by atoms with Crippen LogP contribution in [0.5, 0.6) is 0 Å². The van der Waals surface area contributed by atoms with E-state index in [-0.39, 0.29) is 24.7 Å². The molecule has 5 heteroatoms. The summed E-state index contributed by atoms with van der Waals surface area (Å²) in [6, 6.07) is 9.67. The maximum Gasteiger partial charge on any atom is 0.318 e. The summed E-state index contributed by atoms with van der Waals surface area (Å²) in [6.07, 6.45) is 0.860. The SMILES string of the molecule is C[C@@H]1OCC[C@@H]1NC(=O)N(Cc1ccccc1)CC(C)(C)O. The molecule has 0 saturated carbocycles. The number of amides is 2. The highest BCUT2D eigenvalue weighted by molar-refractivity contribution is 5.74. The predicted molar refractivity (Wildman–Crippen MR) is 85.5 cm³/mol. The molecule has 5 nitrogen and oxygen atoms in total. The van der Waals surface area contributed by atoms with E-state index in [4.69, 9.17) is 4.74 Å². The van der Waals surface area contributed by atoms with Gasteiger partial charge in [0.15, 0.2) is 0 Å². The Morgan fingerprint density at radius 2 is 2.09 bits per heavy atom. The van der Waals surface area contributed by atoms with E-state index in [9.17, 15) is 9.90 Å². The smallest absolute Gasteiger partial charge is 0.318 e. The van der Waals surface area contributed by atoms with Crippen LogP contribution in [0.2, 0.25) is 0 Å². The summed E-state index contributed by atoms with van der Waals surface area (Å²) >= 11 is 0. The number of hydrogen-bond acceptors (Lipinski definition) is 3. The van der Waals surface area contributed by atoms with Crippen LogP contribution in [0.4, 0.5) is 4.79 Å². The van der Waals surface area contributed by atoms with Crippen LogP contribution in [-0.2, 0) is 11.3 Å². The van der Waals surface area contributed by atoms with Gasteiger partial charge in [0.05, 0.1) is 24.3 Å². The predicted octanol–water partition coefficient (Wildman–Crippen LogP) is 2.15. The average molecular weight is 306 g/mol. The van der Waals surface area contributed by atoms with Crippen LogP contribution in [0.1, 0.15) is 32.8 Å². The molecule has 1 aliphatic rings. The normalized spacial score (nSPS) is 21.6. The van der Waals surface area contributed by atoms with Gasteiger partial charge in [0, 0.05) is 13.2 Å². The molecule has 1 aromatic carbocycles. The van der Waals surface area contributed by atoms with Gasteiger partial charge in [-0.05, 0) is 32.8 Å². The number of nitrogens with zero attached hydrogens (tertiary/aromatic N) is 1. The topological polar surface area (TPSA) is 61.8 Å². The van der Waals surface area contributed by atoms with E-state index < -0.39 is 5.60 Å². The minimum absolute atomic E-state index is 0.0321. The van der Waals surface area contributed by atoms with Crippen LogP contribution in [-0.4, -0.2) is 46.9 Å². The summed E-state index contributed by atoms with van der Waals surface area (Å²) < 4.78 is 5.48. The number of carbonyl (C=O) groups is 1. The third-order valence-electron chi connectivity index (χ3n) is 3.77. The second-order valence-corrected chi connectivity index (χ2v) is 6.57. The average Bonchev–Trinajstić information content (AvgIpc) is 2.83. The third kappa shape index (κ3) is 5.00. The van der Waals surface area contributed by atoms with E-state index in [1.54, 1.807) is 18.7 Å². The van der Waals surface area contributed by atoms with Crippen LogP contribution in [0.3, 0.4) is 0 Å². The van der Waals surface area contributed by atoms with Crippen molar-refractivity contribution in [3.63, 3.8) is 0 Å². The van der Waals surface area contributed by atoms with E-state index in [2.05, 4.69) is 5.32 Å². The lowest BCUT2D eigenvalue weighted by atomic mass is 10.1. The van der Waals surface area contributed by atoms with Crippen molar-refractivity contribution in [2.24, 2.45) is 0 Å². The Balaban J connectivity index is 2.04. The highest BCUT2D eigenvalue weighted by atomic mass is 16.5. The van der Waals surface area contributed by atoms with Gasteiger partial charge in [-0.15, -0.1) is 0 Å². The Hall–Kier alpha value is -1.59. The first-order valence-corrected chi connectivity index (χ1v) is 7.78. The molecular weight excluding hydrogens is 280 g/mol. The first kappa shape index (κ1) is 16.8. The van der Waals surface area contributed by atoms with Gasteiger partial charge in [0.25, 0.3) is 0 Å². The number of nitrogens with one attached hydrogen (secondary N) is 1. The first-order valence-electron chi connectivity index (χ1n) is 7.78. The Labute approximate surface area is 132 Å². The van der Waals surface area contributed by atoms with Crippen molar-refractivity contribution in [3.05, 3.63) is 35.9 Å². The molecule has 2 amide bonds. The van der Waals surface area contributed by atoms with Gasteiger partial charge < -0.3 is 20.1 Å². The zero-order chi connectivity index (χ0) is 16.2. The quantitative estimate of drug-likeness (QED) is 0.876. The lowest BCUT2D eigenvalue weighted by Gasteiger charge is -2.31. The number of urea groups is 1. The number of carbonyl (C=O) groups excluding carboxylic acids is 1. The Morgan fingerprint density at radius 3 is 2.64 bits per heavy atom. The van der Waals surface area contributed by atoms with Gasteiger partial charge in [-0.25, -0.2) is 4.79 Å². The molecule has 1 aliphatic heterocycles. The molecule has 0 radical (unpaired) electrons. The standard InChI is InChI=1S/C17H26N2O3/c1-13-15(9-10-22-13)18-16(20)19(12-17(2,3)21)11-14-7-5-4-6-8-14/h4-8,13,15,21H,9-12H2,1-3H3,(H,18,20)/t13-,15-/m0/s1. The molecule has 122 valence electrons. The third-order valence-corrected chi connectivity index (χ3v) is 3.77. The molecule has 2 rings (SSSR count). The number of aliphatic hydroxyl groups is 1. The lowest BCUT2D eigenvalue weighted by molar-refractivity contribution is 0.0434. The van der Waals surface area contributed by atoms with Crippen molar-refractivity contribution in [2.45, 2.75) is 51.5 Å². The Kier molecular flexibility index (Phi) is 5.42. The molecule has 0 bridgehead atoms. The van der Waals surface area contributed by atoms with Gasteiger partial charge >= 0.3 is 6.03 Å². The molecule has 0 unspecified atom stereocenters. The molecule has 22 heavy (non-hydrogen) atoms. The van der Waals surface area contributed by atoms with Crippen molar-refractivity contribution in [2.75, 3.05) is 13.2 Å². The number of benzene rings is 1. The molecule has 1 aromatic rings. The van der Waals surface area contributed by atoms with Gasteiger partial charge in [0.1, 0.15) is 0 Å². The molecule has 1 saturated heterocycles. The molecule has 2 atom stereocenters. The monoisotopic (exact) mass is 306 g/mol. The van der Waals surface area contributed by atoms with Crippen molar-refractivity contribution in [1.29, 1.82) is 0 Å². The summed E-state index contributed by atoms with van der Waals surface area (Å²) in [5.41, 5.74) is 0.0989. The van der Waals surface area contributed by atoms with Gasteiger partial charge in [0.2, 0.25) is 0 Å². The Bertz CT molecular complexity index is 484. The zero-order valence-corrected chi connectivity index (χ0v) is 13.6. The van der Waals surface area contributed by atoms with E-state index in [1.165, 1.54) is 0 Å². The van der Waals surface area contributed by atoms with Gasteiger partial charge in [-0.2, -0.15) is 0 Å². The van der Waals surface area contributed by atoms with Gasteiger partial charge in [-0.3, -0.25) is 0 Å². The summed E-state index contributed by atoms with van der Waals surface area (Å²) in [5, 5.41) is 13.1. The summed E-state index contributed by atoms with van der Waals surface area (Å²) in [5.74, 6) is 0. The van der Waals surface area contributed by atoms with Crippen LogP contribution in [0, 0.1) is 0 Å². The molecule has 0 spiro atoms. The molecule has 2 N–H and O–H groups in total. The molecule has 0 aliphatic carbocycles. The largest absolute Gasteiger partial charge is 0.389 e. The van der Waals surface area contributed by atoms with Crippen molar-refractivity contribution in [1.82, 2.24) is 10.2 Å². The molecule has 0 aromatic heterocycles. The fourth-order valence-electron chi connectivity index (χ4n) is 2.64. The first-order chi connectivity index (χ1) is 10.3. The fraction of sp³-hybridized carbons (Fsp3) is 0.588. The second-order valence-electron chi connectivity index (χ2n) is 6.57. The van der Waals surface area contributed by atoms with Gasteiger partial charge in [-0.1, -0.05) is 30.3 Å². The van der Waals surface area contributed by atoms with Crippen LogP contribution in [0.25, 0.3) is 0 Å². The fourth-order valence-corrected chi connectivity index (χ4v) is 2.64. The minimum Gasteiger partial charge on any atom is -0.389 e. The van der Waals surface area contributed by atoms with E-state index in [0.717, 1.165) is 12.0 Å². The summed E-state index contributed by atoms with van der Waals surface area (Å²) in [6.45, 7) is 6.80. The minimum atomic E-state index is -0.941. The van der Waals surface area contributed by atoms with Crippen LogP contribution >= 0.6 is 0 Å². The lowest BCUT2D eigenvalue weighted by Crippen LogP contribution is -2.50. The highest BCUT2D eigenvalue weighted by Crippen LogP contribution is 2.15. The Morgan fingerprint density at radius 1 is 1.41 bits per heavy atom. The molecular formula is C17H26N2O3. The van der Waals surface area contributed by atoms with E-state index >= 15 is 0 Å². The maximum absolute atomic E-state index is 12.6. The van der Waals surface area contributed by atoms with Crippen molar-refractivity contribution in [3.8, 4) is 0 Å². The van der Waals surface area contributed by atoms with E-state index in [1.807, 2.05) is 37.3 Å². The van der Waals surface area contributed by atoms with Crippen molar-refractivity contribution < 1.29 is 14.6 Å². The van der Waals surface area contributed by atoms with E-state index in [0.29, 0.717) is 13.2 Å². The van der Waals surface area contributed by atoms with Crippen LogP contribution in [0.15, 0.2) is 30.3 Å². The number of rotatable bonds is 5. The second kappa shape index (κ2) is 7.11. The molecule has 1 fully saturated rings. The maximum atomic E-state index is 12.6. The number of ether oxygens (including phenoxy) is 1. The number of hydrogen-bond donors (Lipinski definition) is 2. The highest BCUT2D eigenvalue weighted by Gasteiger charge is 2.29.